The number of nitrogens with one attached hydrogen (secondary N) is 1. The molecule has 116 valence electrons. The molecule has 3 unspecified atom stereocenters. The Balaban J connectivity index is 1.62. The minimum Gasteiger partial charge on any atom is -0.346 e. The summed E-state index contributed by atoms with van der Waals surface area (Å²) in [5.41, 5.74) is 6.29. The standard InChI is InChI=1S/C15H25N5O/c1-9(14-19-17-8-20(14)2)18-15(21)12-6-10-4-3-5-11(7-12)13(10)16/h8-13H,3-7,16H2,1-2H3,(H,18,21). The number of hydrogen-bond donors (Lipinski definition) is 2. The van der Waals surface area contributed by atoms with Gasteiger partial charge in [0, 0.05) is 19.0 Å². The minimum absolute atomic E-state index is 0.107. The van der Waals surface area contributed by atoms with Crippen LogP contribution < -0.4 is 11.1 Å². The molecule has 1 aromatic heterocycles. The number of amides is 1. The molecule has 3 rings (SSSR count). The van der Waals surface area contributed by atoms with E-state index in [2.05, 4.69) is 15.5 Å². The molecule has 0 radical (unpaired) electrons. The van der Waals surface area contributed by atoms with Crippen LogP contribution in [-0.4, -0.2) is 26.7 Å². The molecule has 6 heteroatoms. The summed E-state index contributed by atoms with van der Waals surface area (Å²) in [6, 6.07) is 0.194. The Bertz CT molecular complexity index is 500. The van der Waals surface area contributed by atoms with Gasteiger partial charge in [-0.2, -0.15) is 0 Å². The number of carbonyl (C=O) groups is 1. The third-order valence-corrected chi connectivity index (χ3v) is 5.28. The molecule has 1 amide bonds. The van der Waals surface area contributed by atoms with E-state index in [0.29, 0.717) is 17.9 Å². The van der Waals surface area contributed by atoms with Crippen molar-refractivity contribution in [3.05, 3.63) is 12.2 Å². The molecular formula is C15H25N5O. The third-order valence-electron chi connectivity index (χ3n) is 5.28. The first-order valence-electron chi connectivity index (χ1n) is 7.96. The average Bonchev–Trinajstić information content (AvgIpc) is 2.84. The molecule has 3 N–H and O–H groups in total. The van der Waals surface area contributed by atoms with E-state index in [4.69, 9.17) is 5.73 Å². The van der Waals surface area contributed by atoms with E-state index in [1.807, 2.05) is 18.5 Å². The zero-order chi connectivity index (χ0) is 15.0. The molecule has 2 aliphatic carbocycles. The largest absolute Gasteiger partial charge is 0.346 e. The molecule has 1 heterocycles. The topological polar surface area (TPSA) is 85.8 Å². The van der Waals surface area contributed by atoms with E-state index >= 15 is 0 Å². The second-order valence-electron chi connectivity index (χ2n) is 6.73. The van der Waals surface area contributed by atoms with Crippen LogP contribution in [0.4, 0.5) is 0 Å². The SMILES string of the molecule is CC(NC(=O)C1CC2CCCC(C1)C2N)c1nncn1C. The Hall–Kier alpha value is -1.43. The summed E-state index contributed by atoms with van der Waals surface area (Å²) in [6.45, 7) is 1.96. The van der Waals surface area contributed by atoms with Crippen LogP contribution in [-0.2, 0) is 11.8 Å². The highest BCUT2D eigenvalue weighted by Crippen LogP contribution is 2.42. The Labute approximate surface area is 125 Å². The average molecular weight is 291 g/mol. The Morgan fingerprint density at radius 2 is 2.10 bits per heavy atom. The number of carbonyl (C=O) groups excluding carboxylic acids is 1. The number of rotatable bonds is 3. The van der Waals surface area contributed by atoms with Crippen LogP contribution in [0, 0.1) is 17.8 Å². The summed E-state index contributed by atoms with van der Waals surface area (Å²) in [4.78, 5) is 12.5. The molecule has 0 aliphatic heterocycles. The lowest BCUT2D eigenvalue weighted by molar-refractivity contribution is -0.128. The Kier molecular flexibility index (Phi) is 3.97. The molecule has 6 nitrogen and oxygen atoms in total. The summed E-state index contributed by atoms with van der Waals surface area (Å²) >= 11 is 0. The van der Waals surface area contributed by atoms with Crippen molar-refractivity contribution in [3.8, 4) is 0 Å². The maximum atomic E-state index is 12.5. The van der Waals surface area contributed by atoms with Gasteiger partial charge in [-0.05, 0) is 44.4 Å². The van der Waals surface area contributed by atoms with E-state index in [-0.39, 0.29) is 17.9 Å². The first kappa shape index (κ1) is 14.5. The normalized spacial score (nSPS) is 33.5. The van der Waals surface area contributed by atoms with Crippen LogP contribution in [0.25, 0.3) is 0 Å². The molecule has 21 heavy (non-hydrogen) atoms. The quantitative estimate of drug-likeness (QED) is 0.874. The van der Waals surface area contributed by atoms with Crippen molar-refractivity contribution in [2.24, 2.45) is 30.5 Å². The lowest BCUT2D eigenvalue weighted by atomic mass is 9.65. The van der Waals surface area contributed by atoms with Gasteiger partial charge in [-0.3, -0.25) is 4.79 Å². The fourth-order valence-corrected chi connectivity index (χ4v) is 4.08. The predicted molar refractivity (Wildman–Crippen MR) is 79.1 cm³/mol. The lowest BCUT2D eigenvalue weighted by Gasteiger charge is -2.43. The molecule has 2 fully saturated rings. The third kappa shape index (κ3) is 2.81. The van der Waals surface area contributed by atoms with Crippen molar-refractivity contribution >= 4 is 5.91 Å². The molecule has 3 atom stereocenters. The van der Waals surface area contributed by atoms with Gasteiger partial charge in [0.1, 0.15) is 6.33 Å². The first-order valence-corrected chi connectivity index (χ1v) is 7.96. The van der Waals surface area contributed by atoms with E-state index in [9.17, 15) is 4.79 Å². The summed E-state index contributed by atoms with van der Waals surface area (Å²) in [7, 11) is 1.89. The fourth-order valence-electron chi connectivity index (χ4n) is 4.08. The maximum Gasteiger partial charge on any atom is 0.223 e. The van der Waals surface area contributed by atoms with Crippen molar-refractivity contribution in [2.45, 2.75) is 51.1 Å². The van der Waals surface area contributed by atoms with Crippen LogP contribution in [0.5, 0.6) is 0 Å². The number of aromatic nitrogens is 3. The molecule has 2 aliphatic rings. The zero-order valence-corrected chi connectivity index (χ0v) is 12.8. The second-order valence-corrected chi connectivity index (χ2v) is 6.73. The fraction of sp³-hybridized carbons (Fsp3) is 0.800. The van der Waals surface area contributed by atoms with Crippen LogP contribution in [0.1, 0.15) is 50.9 Å². The van der Waals surface area contributed by atoms with E-state index in [1.165, 1.54) is 19.3 Å². The van der Waals surface area contributed by atoms with Gasteiger partial charge in [0.2, 0.25) is 5.91 Å². The molecule has 1 aromatic rings. The minimum atomic E-state index is -0.111. The molecule has 0 aromatic carbocycles. The van der Waals surface area contributed by atoms with Gasteiger partial charge in [0.15, 0.2) is 5.82 Å². The van der Waals surface area contributed by atoms with Crippen LogP contribution in [0.3, 0.4) is 0 Å². The van der Waals surface area contributed by atoms with Crippen molar-refractivity contribution in [3.63, 3.8) is 0 Å². The van der Waals surface area contributed by atoms with Gasteiger partial charge >= 0.3 is 0 Å². The van der Waals surface area contributed by atoms with Crippen LogP contribution in [0.2, 0.25) is 0 Å². The van der Waals surface area contributed by atoms with Gasteiger partial charge in [0.25, 0.3) is 0 Å². The summed E-state index contributed by atoms with van der Waals surface area (Å²) in [5, 5.41) is 11.0. The highest BCUT2D eigenvalue weighted by molar-refractivity contribution is 5.79. The van der Waals surface area contributed by atoms with E-state index < -0.39 is 0 Å². The van der Waals surface area contributed by atoms with Crippen molar-refractivity contribution in [2.75, 3.05) is 0 Å². The lowest BCUT2D eigenvalue weighted by Crippen LogP contribution is -2.49. The van der Waals surface area contributed by atoms with Gasteiger partial charge in [-0.1, -0.05) is 6.42 Å². The monoisotopic (exact) mass is 291 g/mol. The highest BCUT2D eigenvalue weighted by Gasteiger charge is 2.40. The molecule has 2 saturated carbocycles. The number of nitrogens with zero attached hydrogens (tertiary/aromatic N) is 3. The predicted octanol–water partition coefficient (Wildman–Crippen LogP) is 1.15. The molecule has 2 bridgehead atoms. The number of hydrogen-bond acceptors (Lipinski definition) is 4. The number of fused-ring (bicyclic) bond motifs is 2. The number of aryl methyl sites for hydroxylation is 1. The maximum absolute atomic E-state index is 12.5. The Morgan fingerprint density at radius 3 is 2.67 bits per heavy atom. The van der Waals surface area contributed by atoms with E-state index in [0.717, 1.165) is 18.7 Å². The molecular weight excluding hydrogens is 266 g/mol. The van der Waals surface area contributed by atoms with Crippen LogP contribution >= 0.6 is 0 Å². The van der Waals surface area contributed by atoms with Gasteiger partial charge in [-0.25, -0.2) is 0 Å². The number of nitrogens with two attached hydrogens (primary N) is 1. The smallest absolute Gasteiger partial charge is 0.223 e. The molecule has 0 spiro atoms. The van der Waals surface area contributed by atoms with Gasteiger partial charge in [-0.15, -0.1) is 10.2 Å². The van der Waals surface area contributed by atoms with Crippen molar-refractivity contribution in [1.82, 2.24) is 20.1 Å². The second kappa shape index (κ2) is 5.75. The van der Waals surface area contributed by atoms with Gasteiger partial charge < -0.3 is 15.6 Å². The Morgan fingerprint density at radius 1 is 1.43 bits per heavy atom. The molecule has 0 saturated heterocycles. The first-order chi connectivity index (χ1) is 10.1. The van der Waals surface area contributed by atoms with Crippen LogP contribution in [0.15, 0.2) is 6.33 Å². The summed E-state index contributed by atoms with van der Waals surface area (Å²) in [6.07, 6.45) is 7.17. The van der Waals surface area contributed by atoms with E-state index in [1.54, 1.807) is 6.33 Å². The summed E-state index contributed by atoms with van der Waals surface area (Å²) < 4.78 is 1.84. The van der Waals surface area contributed by atoms with Crippen molar-refractivity contribution < 1.29 is 4.79 Å². The zero-order valence-electron chi connectivity index (χ0n) is 12.8. The summed E-state index contributed by atoms with van der Waals surface area (Å²) in [5.74, 6) is 2.10. The highest BCUT2D eigenvalue weighted by atomic mass is 16.2. The van der Waals surface area contributed by atoms with Crippen molar-refractivity contribution in [1.29, 1.82) is 0 Å². The van der Waals surface area contributed by atoms with Gasteiger partial charge in [0.05, 0.1) is 6.04 Å².